The molecule has 6 nitrogen and oxygen atoms in total. The van der Waals surface area contributed by atoms with Crippen molar-refractivity contribution in [2.24, 2.45) is 5.73 Å². The van der Waals surface area contributed by atoms with Crippen molar-refractivity contribution in [3.8, 4) is 17.3 Å². The first kappa shape index (κ1) is 19.3. The van der Waals surface area contributed by atoms with Crippen molar-refractivity contribution in [3.05, 3.63) is 82.9 Å². The number of aromatic nitrogens is 2. The first-order valence-electron chi connectivity index (χ1n) is 8.78. The van der Waals surface area contributed by atoms with Crippen LogP contribution in [-0.4, -0.2) is 15.9 Å². The van der Waals surface area contributed by atoms with Crippen molar-refractivity contribution in [2.45, 2.75) is 0 Å². The lowest BCUT2D eigenvalue weighted by Crippen LogP contribution is -2.13. The Kier molecular flexibility index (Phi) is 5.00. The Balaban J connectivity index is 1.91. The summed E-state index contributed by atoms with van der Waals surface area (Å²) in [5.41, 5.74) is 8.70. The molecule has 0 atom stereocenters. The minimum atomic E-state index is -0.596. The number of fused-ring (bicyclic) bond motifs is 1. The fourth-order valence-corrected chi connectivity index (χ4v) is 3.29. The molecule has 1 amide bonds. The third-order valence-corrected chi connectivity index (χ3v) is 4.81. The van der Waals surface area contributed by atoms with E-state index in [1.165, 1.54) is 24.4 Å². The fraction of sp³-hybridized carbons (Fsp3) is 0. The van der Waals surface area contributed by atoms with Gasteiger partial charge in [-0.05, 0) is 42.5 Å². The highest BCUT2D eigenvalue weighted by Gasteiger charge is 2.15. The quantitative estimate of drug-likeness (QED) is 0.496. The van der Waals surface area contributed by atoms with Gasteiger partial charge in [0, 0.05) is 29.0 Å². The molecule has 30 heavy (non-hydrogen) atoms. The van der Waals surface area contributed by atoms with E-state index in [1.54, 1.807) is 36.5 Å². The number of primary amides is 1. The molecule has 0 bridgehead atoms. The third-order valence-electron chi connectivity index (χ3n) is 4.52. The highest BCUT2D eigenvalue weighted by atomic mass is 35.5. The zero-order valence-electron chi connectivity index (χ0n) is 15.4. The van der Waals surface area contributed by atoms with Gasteiger partial charge in [0.15, 0.2) is 0 Å². The van der Waals surface area contributed by atoms with Crippen LogP contribution in [0, 0.1) is 17.1 Å². The van der Waals surface area contributed by atoms with Gasteiger partial charge < -0.3 is 11.1 Å². The van der Waals surface area contributed by atoms with Gasteiger partial charge in [-0.2, -0.15) is 5.26 Å². The predicted octanol–water partition coefficient (Wildman–Crippen LogP) is 4.80. The number of halogens is 2. The molecule has 8 heteroatoms. The second-order valence-electron chi connectivity index (χ2n) is 6.41. The van der Waals surface area contributed by atoms with Crippen LogP contribution in [-0.2, 0) is 0 Å². The Labute approximate surface area is 175 Å². The van der Waals surface area contributed by atoms with Crippen molar-refractivity contribution in [1.82, 2.24) is 9.97 Å². The highest BCUT2D eigenvalue weighted by molar-refractivity contribution is 6.31. The highest BCUT2D eigenvalue weighted by Crippen LogP contribution is 2.33. The molecule has 3 N–H and O–H groups in total. The van der Waals surface area contributed by atoms with Crippen LogP contribution >= 0.6 is 11.6 Å². The number of pyridine rings is 2. The maximum Gasteiger partial charge on any atom is 0.250 e. The van der Waals surface area contributed by atoms with Gasteiger partial charge in [-0.25, -0.2) is 4.39 Å². The third kappa shape index (κ3) is 3.52. The van der Waals surface area contributed by atoms with Gasteiger partial charge in [0.2, 0.25) is 0 Å². The van der Waals surface area contributed by atoms with Crippen LogP contribution in [0.25, 0.3) is 22.2 Å². The van der Waals surface area contributed by atoms with E-state index in [4.69, 9.17) is 17.3 Å². The number of anilines is 2. The zero-order chi connectivity index (χ0) is 21.3. The number of hydrogen-bond acceptors (Lipinski definition) is 5. The fourth-order valence-electron chi connectivity index (χ4n) is 3.11. The van der Waals surface area contributed by atoms with Crippen LogP contribution in [0.5, 0.6) is 0 Å². The van der Waals surface area contributed by atoms with Crippen molar-refractivity contribution in [3.63, 3.8) is 0 Å². The molecule has 2 aromatic carbocycles. The normalized spacial score (nSPS) is 10.6. The number of amides is 1. The number of hydrogen-bond donors (Lipinski definition) is 2. The minimum absolute atomic E-state index is 0.0443. The molecular formula is C22H13ClFN5O. The van der Waals surface area contributed by atoms with Gasteiger partial charge in [0.25, 0.3) is 5.91 Å². The maximum absolute atomic E-state index is 13.5. The van der Waals surface area contributed by atoms with Crippen molar-refractivity contribution in [2.75, 3.05) is 5.32 Å². The lowest BCUT2D eigenvalue weighted by molar-refractivity contribution is 0.100. The molecule has 0 fully saturated rings. The van der Waals surface area contributed by atoms with Crippen LogP contribution in [0.1, 0.15) is 15.9 Å². The Hall–Kier alpha value is -4.02. The summed E-state index contributed by atoms with van der Waals surface area (Å²) in [5, 5.41) is 13.3. The maximum atomic E-state index is 13.5. The van der Waals surface area contributed by atoms with E-state index in [0.29, 0.717) is 33.5 Å². The Morgan fingerprint density at radius 3 is 2.73 bits per heavy atom. The van der Waals surface area contributed by atoms with Crippen molar-refractivity contribution < 1.29 is 9.18 Å². The van der Waals surface area contributed by atoms with Crippen molar-refractivity contribution >= 4 is 39.8 Å². The van der Waals surface area contributed by atoms with Crippen LogP contribution in [0.3, 0.4) is 0 Å². The van der Waals surface area contributed by atoms with E-state index in [-0.39, 0.29) is 16.1 Å². The summed E-state index contributed by atoms with van der Waals surface area (Å²) in [6.45, 7) is 0. The summed E-state index contributed by atoms with van der Waals surface area (Å²) in [6.07, 6.45) is 3.01. The van der Waals surface area contributed by atoms with Gasteiger partial charge in [-0.3, -0.25) is 14.8 Å². The SMILES string of the molecule is N#Cc1cnc2ccc(-c3ncccc3C(N)=O)cc2c1Nc1ccc(F)c(Cl)c1. The monoisotopic (exact) mass is 417 g/mol. The van der Waals surface area contributed by atoms with E-state index in [9.17, 15) is 14.4 Å². The number of carbonyl (C=O) groups is 1. The standard InChI is InChI=1S/C22H13ClFN5O/c23-17-9-14(4-5-18(17)24)29-21-13(10-25)11-28-19-6-3-12(8-16(19)21)20-15(22(26)30)2-1-7-27-20/h1-9,11H,(H2,26,30)(H,28,29). The molecule has 4 rings (SSSR count). The summed E-state index contributed by atoms with van der Waals surface area (Å²) >= 11 is 5.88. The molecular weight excluding hydrogens is 405 g/mol. The number of nitrogens with one attached hydrogen (secondary N) is 1. The molecule has 4 aromatic rings. The average molecular weight is 418 g/mol. The molecule has 0 saturated carbocycles. The zero-order valence-corrected chi connectivity index (χ0v) is 16.1. The lowest BCUT2D eigenvalue weighted by Gasteiger charge is -2.13. The lowest BCUT2D eigenvalue weighted by atomic mass is 10.0. The van der Waals surface area contributed by atoms with E-state index >= 15 is 0 Å². The number of nitriles is 1. The average Bonchev–Trinajstić information content (AvgIpc) is 2.76. The summed E-state index contributed by atoms with van der Waals surface area (Å²) in [5.74, 6) is -1.14. The predicted molar refractivity (Wildman–Crippen MR) is 113 cm³/mol. The number of rotatable bonds is 4. The van der Waals surface area contributed by atoms with Crippen LogP contribution in [0.2, 0.25) is 5.02 Å². The smallest absolute Gasteiger partial charge is 0.250 e. The molecule has 0 aliphatic heterocycles. The topological polar surface area (TPSA) is 105 Å². The second kappa shape index (κ2) is 7.78. The Bertz CT molecular complexity index is 1350. The van der Waals surface area contributed by atoms with E-state index < -0.39 is 11.7 Å². The van der Waals surface area contributed by atoms with E-state index in [1.807, 2.05) is 0 Å². The summed E-state index contributed by atoms with van der Waals surface area (Å²) in [4.78, 5) is 20.4. The second-order valence-corrected chi connectivity index (χ2v) is 6.82. The van der Waals surface area contributed by atoms with Crippen LogP contribution in [0.4, 0.5) is 15.8 Å². The summed E-state index contributed by atoms with van der Waals surface area (Å²) in [7, 11) is 0. The van der Waals surface area contributed by atoms with E-state index in [2.05, 4.69) is 21.4 Å². The van der Waals surface area contributed by atoms with Crippen molar-refractivity contribution in [1.29, 1.82) is 5.26 Å². The molecule has 146 valence electrons. The van der Waals surface area contributed by atoms with E-state index in [0.717, 1.165) is 0 Å². The molecule has 0 aliphatic rings. The van der Waals surface area contributed by atoms with Crippen LogP contribution < -0.4 is 11.1 Å². The summed E-state index contributed by atoms with van der Waals surface area (Å²) < 4.78 is 13.5. The first-order valence-corrected chi connectivity index (χ1v) is 9.16. The number of nitrogens with zero attached hydrogens (tertiary/aromatic N) is 3. The molecule has 0 saturated heterocycles. The molecule has 2 aromatic heterocycles. The molecule has 0 radical (unpaired) electrons. The van der Waals surface area contributed by atoms with Crippen LogP contribution in [0.15, 0.2) is 60.9 Å². The molecule has 0 spiro atoms. The molecule has 2 heterocycles. The van der Waals surface area contributed by atoms with Gasteiger partial charge in [-0.15, -0.1) is 0 Å². The Morgan fingerprint density at radius 2 is 2.00 bits per heavy atom. The first-order chi connectivity index (χ1) is 14.5. The molecule has 0 unspecified atom stereocenters. The largest absolute Gasteiger partial charge is 0.366 e. The molecule has 0 aliphatic carbocycles. The number of nitrogens with two attached hydrogens (primary N) is 1. The van der Waals surface area contributed by atoms with Gasteiger partial charge in [-0.1, -0.05) is 17.7 Å². The number of carbonyl (C=O) groups excluding carboxylic acids is 1. The minimum Gasteiger partial charge on any atom is -0.366 e. The number of benzene rings is 2. The Morgan fingerprint density at radius 1 is 1.17 bits per heavy atom. The van der Waals surface area contributed by atoms with Gasteiger partial charge in [0.05, 0.1) is 33.0 Å². The van der Waals surface area contributed by atoms with Gasteiger partial charge in [0.1, 0.15) is 11.9 Å². The van der Waals surface area contributed by atoms with Gasteiger partial charge >= 0.3 is 0 Å². The summed E-state index contributed by atoms with van der Waals surface area (Å²) in [6, 6.07) is 14.8.